The summed E-state index contributed by atoms with van der Waals surface area (Å²) in [7, 11) is 0. The van der Waals surface area contributed by atoms with Crippen molar-refractivity contribution in [2.24, 2.45) is 0 Å². The van der Waals surface area contributed by atoms with Gasteiger partial charge in [0.05, 0.1) is 5.69 Å². The van der Waals surface area contributed by atoms with Crippen LogP contribution in [0.15, 0.2) is 34.9 Å². The highest BCUT2D eigenvalue weighted by Crippen LogP contribution is 2.32. The molecule has 0 bridgehead atoms. The van der Waals surface area contributed by atoms with Crippen molar-refractivity contribution < 1.29 is 14.3 Å². The minimum absolute atomic E-state index is 0.371. The van der Waals surface area contributed by atoms with E-state index in [2.05, 4.69) is 10.3 Å². The Hall–Kier alpha value is -1.85. The van der Waals surface area contributed by atoms with Crippen LogP contribution in [0, 0.1) is 0 Å². The van der Waals surface area contributed by atoms with Gasteiger partial charge in [0.15, 0.2) is 0 Å². The Morgan fingerprint density at radius 2 is 2.29 bits per heavy atom. The highest BCUT2D eigenvalue weighted by Gasteiger charge is 2.43. The van der Waals surface area contributed by atoms with Gasteiger partial charge in [-0.15, -0.1) is 0 Å². The van der Waals surface area contributed by atoms with Crippen LogP contribution in [-0.2, 0) is 11.3 Å². The molecule has 0 unspecified atom stereocenters. The van der Waals surface area contributed by atoms with Crippen LogP contribution in [0.3, 0.4) is 0 Å². The first kappa shape index (κ1) is 14.1. The summed E-state index contributed by atoms with van der Waals surface area (Å²) in [6.45, 7) is 0.371. The zero-order chi connectivity index (χ0) is 14.9. The molecule has 6 heteroatoms. The average molecular weight is 307 g/mol. The third-order valence-electron chi connectivity index (χ3n) is 3.85. The predicted molar refractivity (Wildman–Crippen MR) is 78.0 cm³/mol. The van der Waals surface area contributed by atoms with Crippen molar-refractivity contribution in [3.63, 3.8) is 0 Å². The van der Waals surface area contributed by atoms with Gasteiger partial charge in [0, 0.05) is 17.1 Å². The number of benzene rings is 1. The fraction of sp³-hybridized carbons (Fsp3) is 0.333. The molecule has 1 heterocycles. The van der Waals surface area contributed by atoms with Crippen molar-refractivity contribution in [3.8, 4) is 11.5 Å². The van der Waals surface area contributed by atoms with E-state index in [9.17, 15) is 9.90 Å². The number of oxazole rings is 1. The minimum atomic E-state index is -0.799. The Kier molecular flexibility index (Phi) is 3.69. The van der Waals surface area contributed by atoms with Crippen LogP contribution in [0.2, 0.25) is 5.02 Å². The van der Waals surface area contributed by atoms with Gasteiger partial charge >= 0.3 is 5.97 Å². The molecule has 110 valence electrons. The molecule has 0 aliphatic heterocycles. The number of nitrogens with zero attached hydrogens (tertiary/aromatic N) is 1. The van der Waals surface area contributed by atoms with Crippen LogP contribution >= 0.6 is 11.6 Å². The standard InChI is InChI=1S/C15H15ClN2O3/c16-11-4-1-3-10(7-11)13-18-12(9-21-13)8-17-15(14(19)20)5-2-6-15/h1,3-4,7,9,17H,2,5-6,8H2,(H,19,20). The zero-order valence-electron chi connectivity index (χ0n) is 11.3. The van der Waals surface area contributed by atoms with E-state index in [0.29, 0.717) is 36.0 Å². The number of rotatable bonds is 5. The molecule has 1 aromatic heterocycles. The maximum atomic E-state index is 11.3. The lowest BCUT2D eigenvalue weighted by atomic mass is 9.77. The zero-order valence-corrected chi connectivity index (χ0v) is 12.1. The summed E-state index contributed by atoms with van der Waals surface area (Å²) in [4.78, 5) is 15.6. The van der Waals surface area contributed by atoms with Crippen LogP contribution in [0.4, 0.5) is 0 Å². The maximum absolute atomic E-state index is 11.3. The minimum Gasteiger partial charge on any atom is -0.480 e. The lowest BCUT2D eigenvalue weighted by Gasteiger charge is -2.38. The van der Waals surface area contributed by atoms with Crippen molar-refractivity contribution in [1.82, 2.24) is 10.3 Å². The Balaban J connectivity index is 1.70. The van der Waals surface area contributed by atoms with Gasteiger partial charge in [-0.2, -0.15) is 0 Å². The summed E-state index contributed by atoms with van der Waals surface area (Å²) >= 11 is 5.94. The first-order valence-corrected chi connectivity index (χ1v) is 7.16. The molecule has 1 aliphatic rings. The van der Waals surface area contributed by atoms with Crippen molar-refractivity contribution >= 4 is 17.6 Å². The van der Waals surface area contributed by atoms with E-state index >= 15 is 0 Å². The second-order valence-electron chi connectivity index (χ2n) is 5.25. The third-order valence-corrected chi connectivity index (χ3v) is 4.08. The molecule has 0 saturated heterocycles. The predicted octanol–water partition coefficient (Wildman–Crippen LogP) is 3.09. The third kappa shape index (κ3) is 2.80. The molecule has 0 spiro atoms. The van der Waals surface area contributed by atoms with Gasteiger partial charge in [-0.05, 0) is 37.5 Å². The molecule has 2 N–H and O–H groups in total. The summed E-state index contributed by atoms with van der Waals surface area (Å²) in [5, 5.41) is 12.9. The van der Waals surface area contributed by atoms with E-state index in [-0.39, 0.29) is 0 Å². The van der Waals surface area contributed by atoms with E-state index in [1.54, 1.807) is 12.1 Å². The number of carboxylic acid groups (broad SMARTS) is 1. The van der Waals surface area contributed by atoms with Crippen molar-refractivity contribution in [1.29, 1.82) is 0 Å². The Bertz CT molecular complexity index is 664. The van der Waals surface area contributed by atoms with E-state index in [1.807, 2.05) is 12.1 Å². The van der Waals surface area contributed by atoms with Gasteiger partial charge in [-0.1, -0.05) is 17.7 Å². The molecule has 21 heavy (non-hydrogen) atoms. The Morgan fingerprint density at radius 3 is 2.90 bits per heavy atom. The molecule has 0 amide bonds. The number of halogens is 1. The number of carboxylic acids is 1. The largest absolute Gasteiger partial charge is 0.480 e. The fourth-order valence-corrected chi connectivity index (χ4v) is 2.59. The van der Waals surface area contributed by atoms with Gasteiger partial charge < -0.3 is 9.52 Å². The molecule has 1 aliphatic carbocycles. The monoisotopic (exact) mass is 306 g/mol. The Morgan fingerprint density at radius 1 is 1.48 bits per heavy atom. The molecule has 2 aromatic rings. The second kappa shape index (κ2) is 5.50. The van der Waals surface area contributed by atoms with E-state index in [1.165, 1.54) is 6.26 Å². The van der Waals surface area contributed by atoms with Crippen LogP contribution in [0.5, 0.6) is 0 Å². The molecule has 3 rings (SSSR count). The molecule has 1 aromatic carbocycles. The van der Waals surface area contributed by atoms with Gasteiger partial charge in [0.25, 0.3) is 0 Å². The molecule has 0 atom stereocenters. The lowest BCUT2D eigenvalue weighted by Crippen LogP contribution is -2.56. The summed E-state index contributed by atoms with van der Waals surface area (Å²) in [5.74, 6) is -0.320. The Labute approximate surface area is 126 Å². The van der Waals surface area contributed by atoms with E-state index in [0.717, 1.165) is 12.0 Å². The summed E-state index contributed by atoms with van der Waals surface area (Å²) in [6.07, 6.45) is 3.78. The van der Waals surface area contributed by atoms with Gasteiger partial charge in [-0.3, -0.25) is 10.1 Å². The number of aromatic nitrogens is 1. The van der Waals surface area contributed by atoms with E-state index in [4.69, 9.17) is 16.0 Å². The molecule has 1 saturated carbocycles. The second-order valence-corrected chi connectivity index (χ2v) is 5.69. The summed E-state index contributed by atoms with van der Waals surface area (Å²) in [6, 6.07) is 7.24. The smallest absolute Gasteiger partial charge is 0.323 e. The fourth-order valence-electron chi connectivity index (χ4n) is 2.40. The van der Waals surface area contributed by atoms with Crippen LogP contribution in [0.25, 0.3) is 11.5 Å². The van der Waals surface area contributed by atoms with Crippen molar-refractivity contribution in [2.75, 3.05) is 0 Å². The van der Waals surface area contributed by atoms with Crippen LogP contribution in [-0.4, -0.2) is 21.6 Å². The van der Waals surface area contributed by atoms with Crippen molar-refractivity contribution in [2.45, 2.75) is 31.3 Å². The first-order valence-electron chi connectivity index (χ1n) is 6.78. The number of aliphatic carboxylic acids is 1. The summed E-state index contributed by atoms with van der Waals surface area (Å²) < 4.78 is 5.43. The van der Waals surface area contributed by atoms with Gasteiger partial charge in [-0.25, -0.2) is 4.98 Å². The molecule has 5 nitrogen and oxygen atoms in total. The van der Waals surface area contributed by atoms with Crippen LogP contribution < -0.4 is 5.32 Å². The molecule has 1 fully saturated rings. The molecular weight excluding hydrogens is 292 g/mol. The van der Waals surface area contributed by atoms with Crippen molar-refractivity contribution in [3.05, 3.63) is 41.2 Å². The van der Waals surface area contributed by atoms with E-state index < -0.39 is 11.5 Å². The number of nitrogens with one attached hydrogen (secondary N) is 1. The highest BCUT2D eigenvalue weighted by atomic mass is 35.5. The SMILES string of the molecule is O=C(O)C1(NCc2coc(-c3cccc(Cl)c3)n2)CCC1. The topological polar surface area (TPSA) is 75.4 Å². The summed E-state index contributed by atoms with van der Waals surface area (Å²) in [5.41, 5.74) is 0.678. The van der Waals surface area contributed by atoms with Gasteiger partial charge in [0.2, 0.25) is 5.89 Å². The molecule has 0 radical (unpaired) electrons. The molecular formula is C15H15ClN2O3. The lowest BCUT2D eigenvalue weighted by molar-refractivity contribution is -0.148. The van der Waals surface area contributed by atoms with Gasteiger partial charge in [0.1, 0.15) is 11.8 Å². The normalized spacial score (nSPS) is 16.4. The number of hydrogen-bond donors (Lipinski definition) is 2. The maximum Gasteiger partial charge on any atom is 0.323 e. The number of carbonyl (C=O) groups is 1. The van der Waals surface area contributed by atoms with Crippen LogP contribution in [0.1, 0.15) is 25.0 Å². The highest BCUT2D eigenvalue weighted by molar-refractivity contribution is 6.30. The quantitative estimate of drug-likeness (QED) is 0.888. The first-order chi connectivity index (χ1) is 10.1. The number of hydrogen-bond acceptors (Lipinski definition) is 4. The average Bonchev–Trinajstić information content (AvgIpc) is 2.86.